The van der Waals surface area contributed by atoms with Crippen molar-refractivity contribution in [1.29, 1.82) is 5.26 Å². The number of urea groups is 1. The van der Waals surface area contributed by atoms with Crippen LogP contribution in [0.2, 0.25) is 0 Å². The molecule has 0 radical (unpaired) electrons. The van der Waals surface area contributed by atoms with E-state index in [0.717, 1.165) is 12.1 Å². The fourth-order valence-corrected chi connectivity index (χ4v) is 4.94. The van der Waals surface area contributed by atoms with Crippen molar-refractivity contribution in [2.45, 2.75) is 17.9 Å². The molecule has 0 aliphatic carbocycles. The number of sulfonamides is 1. The monoisotopic (exact) mass is 420 g/mol. The largest absolute Gasteiger partial charge is 0.322 e. The van der Waals surface area contributed by atoms with Crippen LogP contribution < -0.4 is 5.32 Å². The number of anilines is 1. The predicted octanol–water partition coefficient (Wildman–Crippen LogP) is 2.76. The second-order valence-electron chi connectivity index (χ2n) is 6.57. The molecule has 1 fully saturated rings. The zero-order chi connectivity index (χ0) is 21.2. The number of nitrogens with one attached hydrogen (secondary N) is 1. The first-order chi connectivity index (χ1) is 13.7. The standard InChI is InChI=1S/C19H18F2N4O3S/c1-13-12-24(19(26)23-17-7-6-15(20)10-16(17)21)8-9-25(13)29(27,28)18-5-3-2-4-14(18)11-22/h2-7,10,13H,8-9,12H2,1H3,(H,23,26)/t13-/m0/s1. The molecule has 1 atom stereocenters. The molecule has 1 aliphatic rings. The van der Waals surface area contributed by atoms with Crippen molar-refractivity contribution in [2.75, 3.05) is 25.0 Å². The van der Waals surface area contributed by atoms with Gasteiger partial charge in [-0.05, 0) is 31.2 Å². The van der Waals surface area contributed by atoms with Gasteiger partial charge in [0.15, 0.2) is 0 Å². The van der Waals surface area contributed by atoms with Crippen LogP contribution in [-0.2, 0) is 10.0 Å². The minimum atomic E-state index is -3.92. The van der Waals surface area contributed by atoms with Gasteiger partial charge in [0.2, 0.25) is 10.0 Å². The molecular weight excluding hydrogens is 402 g/mol. The van der Waals surface area contributed by atoms with Crippen molar-refractivity contribution in [2.24, 2.45) is 0 Å². The van der Waals surface area contributed by atoms with Crippen LogP contribution in [0.25, 0.3) is 0 Å². The topological polar surface area (TPSA) is 93.5 Å². The van der Waals surface area contributed by atoms with Gasteiger partial charge in [0.25, 0.3) is 0 Å². The van der Waals surface area contributed by atoms with Gasteiger partial charge in [0.05, 0.1) is 16.1 Å². The zero-order valence-electron chi connectivity index (χ0n) is 15.5. The van der Waals surface area contributed by atoms with Crippen LogP contribution in [0.1, 0.15) is 12.5 Å². The fraction of sp³-hybridized carbons (Fsp3) is 0.263. The van der Waals surface area contributed by atoms with Crippen LogP contribution in [0.15, 0.2) is 47.4 Å². The van der Waals surface area contributed by atoms with Crippen LogP contribution in [0, 0.1) is 23.0 Å². The number of nitrogens with zero attached hydrogens (tertiary/aromatic N) is 3. The molecule has 0 bridgehead atoms. The van der Waals surface area contributed by atoms with Gasteiger partial charge in [-0.15, -0.1) is 0 Å². The minimum Gasteiger partial charge on any atom is -0.322 e. The van der Waals surface area contributed by atoms with Gasteiger partial charge in [0.1, 0.15) is 17.7 Å². The number of halogens is 2. The van der Waals surface area contributed by atoms with Crippen molar-refractivity contribution in [3.05, 3.63) is 59.7 Å². The molecule has 3 rings (SSSR count). The number of carbonyl (C=O) groups is 1. The van der Waals surface area contributed by atoms with Crippen molar-refractivity contribution >= 4 is 21.7 Å². The highest BCUT2D eigenvalue weighted by atomic mass is 32.2. The molecule has 10 heteroatoms. The maximum Gasteiger partial charge on any atom is 0.322 e. The van der Waals surface area contributed by atoms with Crippen molar-refractivity contribution in [3.8, 4) is 6.07 Å². The van der Waals surface area contributed by atoms with Crippen LogP contribution in [-0.4, -0.2) is 49.3 Å². The first-order valence-electron chi connectivity index (χ1n) is 8.76. The van der Waals surface area contributed by atoms with Gasteiger partial charge >= 0.3 is 6.03 Å². The molecule has 2 aromatic carbocycles. The number of amides is 2. The number of hydrogen-bond acceptors (Lipinski definition) is 4. The molecule has 1 heterocycles. The predicted molar refractivity (Wildman–Crippen MR) is 101 cm³/mol. The Morgan fingerprint density at radius 1 is 1.21 bits per heavy atom. The van der Waals surface area contributed by atoms with Crippen LogP contribution >= 0.6 is 0 Å². The summed E-state index contributed by atoms with van der Waals surface area (Å²) in [5, 5.41) is 11.6. The molecule has 0 unspecified atom stereocenters. The minimum absolute atomic E-state index is 0.0165. The molecule has 2 amide bonds. The number of rotatable bonds is 3. The average molecular weight is 420 g/mol. The third-order valence-electron chi connectivity index (χ3n) is 4.62. The second kappa shape index (κ2) is 8.14. The first kappa shape index (κ1) is 20.7. The summed E-state index contributed by atoms with van der Waals surface area (Å²) in [6, 6.07) is 9.43. The summed E-state index contributed by atoms with van der Waals surface area (Å²) in [6.07, 6.45) is 0. The first-order valence-corrected chi connectivity index (χ1v) is 10.2. The number of hydrogen-bond donors (Lipinski definition) is 1. The Morgan fingerprint density at radius 2 is 1.93 bits per heavy atom. The van der Waals surface area contributed by atoms with Gasteiger partial charge < -0.3 is 10.2 Å². The Hall–Kier alpha value is -3.03. The summed E-state index contributed by atoms with van der Waals surface area (Å²) in [5.74, 6) is -1.66. The van der Waals surface area contributed by atoms with E-state index in [9.17, 15) is 27.3 Å². The van der Waals surface area contributed by atoms with E-state index in [1.807, 2.05) is 6.07 Å². The zero-order valence-corrected chi connectivity index (χ0v) is 16.3. The number of nitriles is 1. The number of piperazine rings is 1. The second-order valence-corrected chi connectivity index (χ2v) is 8.43. The van der Waals surface area contributed by atoms with Crippen LogP contribution in [0.3, 0.4) is 0 Å². The molecule has 7 nitrogen and oxygen atoms in total. The van der Waals surface area contributed by atoms with Crippen molar-refractivity contribution in [1.82, 2.24) is 9.21 Å². The highest BCUT2D eigenvalue weighted by Gasteiger charge is 2.36. The number of benzene rings is 2. The van der Waals surface area contributed by atoms with Gasteiger partial charge in [-0.2, -0.15) is 9.57 Å². The summed E-state index contributed by atoms with van der Waals surface area (Å²) in [5.41, 5.74) is -0.117. The molecule has 2 aromatic rings. The highest BCUT2D eigenvalue weighted by molar-refractivity contribution is 7.89. The third-order valence-corrected chi connectivity index (χ3v) is 6.69. The number of carbonyl (C=O) groups excluding carboxylic acids is 1. The van der Waals surface area contributed by atoms with Crippen molar-refractivity contribution in [3.63, 3.8) is 0 Å². The van der Waals surface area contributed by atoms with Crippen molar-refractivity contribution < 1.29 is 22.0 Å². The van der Waals surface area contributed by atoms with E-state index in [4.69, 9.17) is 0 Å². The lowest BCUT2D eigenvalue weighted by Crippen LogP contribution is -2.56. The van der Waals surface area contributed by atoms with Gasteiger partial charge in [0, 0.05) is 31.7 Å². The summed E-state index contributed by atoms with van der Waals surface area (Å²) < 4.78 is 54.0. The average Bonchev–Trinajstić information content (AvgIpc) is 2.69. The summed E-state index contributed by atoms with van der Waals surface area (Å²) in [6.45, 7) is 1.81. The van der Waals surface area contributed by atoms with E-state index in [-0.39, 0.29) is 35.8 Å². The summed E-state index contributed by atoms with van der Waals surface area (Å²) in [7, 11) is -3.92. The molecule has 1 N–H and O–H groups in total. The third kappa shape index (κ3) is 4.21. The molecule has 1 saturated heterocycles. The van der Waals surface area contributed by atoms with Crippen LogP contribution in [0.4, 0.5) is 19.3 Å². The molecule has 29 heavy (non-hydrogen) atoms. The summed E-state index contributed by atoms with van der Waals surface area (Å²) in [4.78, 5) is 13.7. The fourth-order valence-electron chi connectivity index (χ4n) is 3.18. The molecule has 1 aliphatic heterocycles. The van der Waals surface area contributed by atoms with E-state index in [2.05, 4.69) is 5.32 Å². The molecular formula is C19H18F2N4O3S. The lowest BCUT2D eigenvalue weighted by Gasteiger charge is -2.38. The lowest BCUT2D eigenvalue weighted by molar-refractivity contribution is 0.157. The highest BCUT2D eigenvalue weighted by Crippen LogP contribution is 2.24. The van der Waals surface area contributed by atoms with E-state index in [0.29, 0.717) is 6.07 Å². The maximum atomic E-state index is 13.7. The quantitative estimate of drug-likeness (QED) is 0.826. The Bertz CT molecular complexity index is 1090. The Morgan fingerprint density at radius 3 is 2.59 bits per heavy atom. The van der Waals surface area contributed by atoms with Gasteiger partial charge in [-0.1, -0.05) is 12.1 Å². The molecule has 0 aromatic heterocycles. The van der Waals surface area contributed by atoms with Gasteiger partial charge in [-0.25, -0.2) is 22.0 Å². The maximum absolute atomic E-state index is 13.7. The van der Waals surface area contributed by atoms with E-state index >= 15 is 0 Å². The van der Waals surface area contributed by atoms with E-state index < -0.39 is 33.7 Å². The van der Waals surface area contributed by atoms with Gasteiger partial charge in [-0.3, -0.25) is 0 Å². The SMILES string of the molecule is C[C@H]1CN(C(=O)Nc2ccc(F)cc2F)CCN1S(=O)(=O)c1ccccc1C#N. The molecule has 0 saturated carbocycles. The molecule has 0 spiro atoms. The lowest BCUT2D eigenvalue weighted by atomic mass is 10.2. The summed E-state index contributed by atoms with van der Waals surface area (Å²) >= 11 is 0. The Labute approximate surface area is 167 Å². The van der Waals surface area contributed by atoms with Crippen LogP contribution in [0.5, 0.6) is 0 Å². The van der Waals surface area contributed by atoms with E-state index in [1.165, 1.54) is 21.3 Å². The Balaban J connectivity index is 1.73. The van der Waals surface area contributed by atoms with E-state index in [1.54, 1.807) is 19.1 Å². The smallest absolute Gasteiger partial charge is 0.322 e. The Kier molecular flexibility index (Phi) is 5.81. The normalized spacial score (nSPS) is 17.6. The molecule has 152 valence electrons.